The van der Waals surface area contributed by atoms with Crippen molar-refractivity contribution in [2.45, 2.75) is 38.7 Å². The third-order valence-corrected chi connectivity index (χ3v) is 5.01. The molecular weight excluding hydrogens is 407 g/mol. The van der Waals surface area contributed by atoms with E-state index in [2.05, 4.69) is 19.9 Å². The largest absolute Gasteiger partial charge is 0.339 e. The summed E-state index contributed by atoms with van der Waals surface area (Å²) in [5, 5.41) is 0. The first-order valence-corrected chi connectivity index (χ1v) is 9.70. The minimum Gasteiger partial charge on any atom is -0.339 e. The van der Waals surface area contributed by atoms with Crippen LogP contribution in [0.4, 0.5) is 13.2 Å². The van der Waals surface area contributed by atoms with E-state index in [1.807, 2.05) is 6.92 Å². The lowest BCUT2D eigenvalue weighted by Crippen LogP contribution is -2.36. The molecular formula is C22H22F3N5O. The van der Waals surface area contributed by atoms with Crippen molar-refractivity contribution in [3.05, 3.63) is 71.8 Å². The van der Waals surface area contributed by atoms with Crippen LogP contribution in [0.1, 0.15) is 42.0 Å². The second-order valence-electron chi connectivity index (χ2n) is 7.31. The normalized spacial score (nSPS) is 12.5. The molecule has 0 saturated carbocycles. The molecule has 9 heteroatoms. The zero-order chi connectivity index (χ0) is 22.6. The van der Waals surface area contributed by atoms with Gasteiger partial charge >= 0.3 is 0 Å². The van der Waals surface area contributed by atoms with Gasteiger partial charge in [-0.3, -0.25) is 4.79 Å². The van der Waals surface area contributed by atoms with Gasteiger partial charge in [0.1, 0.15) is 11.6 Å². The molecule has 3 aromatic rings. The Morgan fingerprint density at radius 2 is 1.74 bits per heavy atom. The van der Waals surface area contributed by atoms with Crippen LogP contribution in [0.3, 0.4) is 0 Å². The first kappa shape index (κ1) is 22.3. The highest BCUT2D eigenvalue weighted by molar-refractivity contribution is 6.00. The van der Waals surface area contributed by atoms with E-state index in [0.717, 1.165) is 19.3 Å². The summed E-state index contributed by atoms with van der Waals surface area (Å²) in [7, 11) is 1.62. The first-order valence-electron chi connectivity index (χ1n) is 9.70. The Bertz CT molecular complexity index is 1040. The SMILES string of the molecule is C[C@@H](CCc1ncc(C(C)(F)F)cn1)N(C)C(=O)c1cccc(F)c1-c1ncccn1. The fourth-order valence-corrected chi connectivity index (χ4v) is 2.99. The van der Waals surface area contributed by atoms with Crippen molar-refractivity contribution in [2.75, 3.05) is 7.05 Å². The standard InChI is InChI=1S/C22H22F3N5O/c1-14(8-9-18-28-12-15(13-29-18)22(2,24)25)30(3)21(31)16-6-4-7-17(23)19(16)20-26-10-5-11-27-20/h4-7,10-14H,8-9H2,1-3H3/t14-/m0/s1. The molecule has 0 radical (unpaired) electrons. The Hall–Kier alpha value is -3.36. The molecule has 0 N–H and O–H groups in total. The van der Waals surface area contributed by atoms with Crippen molar-refractivity contribution in [1.29, 1.82) is 0 Å². The summed E-state index contributed by atoms with van der Waals surface area (Å²) in [6.45, 7) is 2.62. The van der Waals surface area contributed by atoms with Gasteiger partial charge in [0.05, 0.1) is 16.7 Å². The molecule has 0 spiro atoms. The lowest BCUT2D eigenvalue weighted by molar-refractivity contribution is 0.0166. The molecule has 0 aliphatic carbocycles. The summed E-state index contributed by atoms with van der Waals surface area (Å²) in [6.07, 6.45) is 6.08. The van der Waals surface area contributed by atoms with Crippen molar-refractivity contribution < 1.29 is 18.0 Å². The molecule has 2 heterocycles. The topological polar surface area (TPSA) is 71.9 Å². The highest BCUT2D eigenvalue weighted by atomic mass is 19.3. The maximum atomic E-state index is 14.5. The summed E-state index contributed by atoms with van der Waals surface area (Å²) in [5.74, 6) is -3.42. The van der Waals surface area contributed by atoms with Crippen molar-refractivity contribution in [2.24, 2.45) is 0 Å². The maximum Gasteiger partial charge on any atom is 0.273 e. The van der Waals surface area contributed by atoms with E-state index in [9.17, 15) is 18.0 Å². The number of amides is 1. The molecule has 0 saturated heterocycles. The Morgan fingerprint density at radius 1 is 1.10 bits per heavy atom. The van der Waals surface area contributed by atoms with Gasteiger partial charge in [0.25, 0.3) is 11.8 Å². The van der Waals surface area contributed by atoms with Crippen LogP contribution in [0.5, 0.6) is 0 Å². The Balaban J connectivity index is 1.72. The average Bonchev–Trinajstić information content (AvgIpc) is 2.76. The van der Waals surface area contributed by atoms with Crippen LogP contribution in [-0.2, 0) is 12.3 Å². The molecule has 3 rings (SSSR count). The van der Waals surface area contributed by atoms with E-state index in [0.29, 0.717) is 18.7 Å². The lowest BCUT2D eigenvalue weighted by Gasteiger charge is -2.26. The van der Waals surface area contributed by atoms with E-state index in [4.69, 9.17) is 0 Å². The zero-order valence-electron chi connectivity index (χ0n) is 17.4. The van der Waals surface area contributed by atoms with E-state index in [1.165, 1.54) is 35.5 Å². The Kier molecular flexibility index (Phi) is 6.62. The minimum absolute atomic E-state index is 0.0477. The smallest absolute Gasteiger partial charge is 0.273 e. The second-order valence-corrected chi connectivity index (χ2v) is 7.31. The molecule has 0 bridgehead atoms. The Morgan fingerprint density at radius 3 is 2.35 bits per heavy atom. The molecule has 1 amide bonds. The predicted octanol–water partition coefficient (Wildman–Crippen LogP) is 4.28. The fraction of sp³-hybridized carbons (Fsp3) is 0.318. The highest BCUT2D eigenvalue weighted by Gasteiger charge is 2.26. The van der Waals surface area contributed by atoms with Gasteiger partial charge in [-0.1, -0.05) is 6.07 Å². The fourth-order valence-electron chi connectivity index (χ4n) is 2.99. The molecule has 0 fully saturated rings. The summed E-state index contributed by atoms with van der Waals surface area (Å²) < 4.78 is 41.1. The monoisotopic (exact) mass is 429 g/mol. The van der Waals surface area contributed by atoms with Gasteiger partial charge in [-0.25, -0.2) is 33.1 Å². The number of benzene rings is 1. The molecule has 2 aromatic heterocycles. The predicted molar refractivity (Wildman–Crippen MR) is 109 cm³/mol. The number of alkyl halides is 2. The number of aryl methyl sites for hydroxylation is 1. The number of carbonyl (C=O) groups is 1. The van der Waals surface area contributed by atoms with E-state index >= 15 is 0 Å². The van der Waals surface area contributed by atoms with E-state index < -0.39 is 11.7 Å². The Labute approximate surface area is 178 Å². The van der Waals surface area contributed by atoms with Crippen molar-refractivity contribution in [3.8, 4) is 11.4 Å². The van der Waals surface area contributed by atoms with Crippen LogP contribution in [0.2, 0.25) is 0 Å². The number of nitrogens with zero attached hydrogens (tertiary/aromatic N) is 5. The zero-order valence-corrected chi connectivity index (χ0v) is 17.4. The van der Waals surface area contributed by atoms with Gasteiger partial charge in [-0.15, -0.1) is 0 Å². The average molecular weight is 429 g/mol. The molecule has 6 nitrogen and oxygen atoms in total. The third kappa shape index (κ3) is 5.22. The molecule has 0 aliphatic heterocycles. The summed E-state index contributed by atoms with van der Waals surface area (Å²) in [6, 6.07) is 5.62. The van der Waals surface area contributed by atoms with Crippen LogP contribution in [0, 0.1) is 5.82 Å². The van der Waals surface area contributed by atoms with Gasteiger partial charge in [0.2, 0.25) is 0 Å². The number of hydrogen-bond acceptors (Lipinski definition) is 5. The van der Waals surface area contributed by atoms with E-state index in [-0.39, 0.29) is 34.5 Å². The van der Waals surface area contributed by atoms with Crippen LogP contribution in [0.25, 0.3) is 11.4 Å². The summed E-state index contributed by atoms with van der Waals surface area (Å²) in [4.78, 5) is 30.7. The number of aromatic nitrogens is 4. The van der Waals surface area contributed by atoms with Crippen molar-refractivity contribution >= 4 is 5.91 Å². The van der Waals surface area contributed by atoms with Crippen LogP contribution >= 0.6 is 0 Å². The van der Waals surface area contributed by atoms with Gasteiger partial charge < -0.3 is 4.90 Å². The summed E-state index contributed by atoms with van der Waals surface area (Å²) in [5.41, 5.74) is -0.0451. The van der Waals surface area contributed by atoms with Crippen molar-refractivity contribution in [1.82, 2.24) is 24.8 Å². The van der Waals surface area contributed by atoms with Gasteiger partial charge in [-0.05, 0) is 31.5 Å². The number of hydrogen-bond donors (Lipinski definition) is 0. The number of carbonyl (C=O) groups excluding carboxylic acids is 1. The second kappa shape index (κ2) is 9.20. The molecule has 31 heavy (non-hydrogen) atoms. The maximum absolute atomic E-state index is 14.5. The van der Waals surface area contributed by atoms with Gasteiger partial charge in [0.15, 0.2) is 5.82 Å². The molecule has 162 valence electrons. The molecule has 1 aromatic carbocycles. The third-order valence-electron chi connectivity index (χ3n) is 5.01. The molecule has 0 aliphatic rings. The summed E-state index contributed by atoms with van der Waals surface area (Å²) >= 11 is 0. The molecule has 0 unspecified atom stereocenters. The van der Waals surface area contributed by atoms with E-state index in [1.54, 1.807) is 13.1 Å². The van der Waals surface area contributed by atoms with Gasteiger partial charge in [0, 0.05) is 51.2 Å². The van der Waals surface area contributed by atoms with Crippen LogP contribution in [0.15, 0.2) is 49.1 Å². The number of rotatable bonds is 7. The van der Waals surface area contributed by atoms with Crippen molar-refractivity contribution in [3.63, 3.8) is 0 Å². The molecule has 1 atom stereocenters. The lowest BCUT2D eigenvalue weighted by atomic mass is 10.0. The highest BCUT2D eigenvalue weighted by Crippen LogP contribution is 2.26. The van der Waals surface area contributed by atoms with Gasteiger partial charge in [-0.2, -0.15) is 0 Å². The number of halogens is 3. The quantitative estimate of drug-likeness (QED) is 0.561. The first-order chi connectivity index (χ1) is 14.7. The van der Waals surface area contributed by atoms with Crippen LogP contribution < -0.4 is 0 Å². The minimum atomic E-state index is -3.00. The van der Waals surface area contributed by atoms with Crippen LogP contribution in [-0.4, -0.2) is 43.8 Å².